The molecule has 0 heterocycles. The van der Waals surface area contributed by atoms with E-state index in [1.807, 2.05) is 12.1 Å². The average molecular weight is 327 g/mol. The van der Waals surface area contributed by atoms with Gasteiger partial charge in [0.2, 0.25) is 6.04 Å². The van der Waals surface area contributed by atoms with Crippen LogP contribution < -0.4 is 5.32 Å². The maximum atomic E-state index is 11.5. The number of nitro groups is 1. The minimum absolute atomic E-state index is 0.185. The Hall–Kier alpha value is -2.15. The number of ether oxygens (including phenoxy) is 1. The number of rotatable bonds is 7. The second kappa shape index (κ2) is 7.22. The highest BCUT2D eigenvalue weighted by Crippen LogP contribution is 2.33. The van der Waals surface area contributed by atoms with E-state index in [-0.39, 0.29) is 6.42 Å². The third kappa shape index (κ3) is 4.70. The zero-order valence-corrected chi connectivity index (χ0v) is 12.4. The van der Waals surface area contributed by atoms with Crippen LogP contribution in [0.3, 0.4) is 0 Å². The zero-order chi connectivity index (χ0) is 16.1. The minimum Gasteiger partial charge on any atom is -0.455 e. The van der Waals surface area contributed by atoms with Gasteiger partial charge in [-0.15, -0.1) is 0 Å². The molecule has 1 amide bonds. The van der Waals surface area contributed by atoms with E-state index >= 15 is 0 Å². The monoisotopic (exact) mass is 326 g/mol. The lowest BCUT2D eigenvalue weighted by Gasteiger charge is -2.06. The Labute approximate surface area is 131 Å². The fraction of sp³-hybridized carbons (Fsp3) is 0.429. The Morgan fingerprint density at radius 1 is 1.36 bits per heavy atom. The Morgan fingerprint density at radius 3 is 2.64 bits per heavy atom. The van der Waals surface area contributed by atoms with Crippen molar-refractivity contribution in [1.82, 2.24) is 5.32 Å². The molecule has 1 aliphatic carbocycles. The first-order chi connectivity index (χ1) is 10.5. The van der Waals surface area contributed by atoms with Crippen molar-refractivity contribution in [3.8, 4) is 0 Å². The van der Waals surface area contributed by atoms with Crippen LogP contribution in [-0.4, -0.2) is 36.0 Å². The summed E-state index contributed by atoms with van der Waals surface area (Å²) in [5.41, 5.74) is 1.02. The number of nitrogens with one attached hydrogen (secondary N) is 1. The summed E-state index contributed by atoms with van der Waals surface area (Å²) in [5, 5.41) is 13.7. The highest BCUT2D eigenvalue weighted by molar-refractivity contribution is 6.30. The molecule has 0 aromatic heterocycles. The third-order valence-corrected chi connectivity index (χ3v) is 3.58. The molecule has 0 radical (unpaired) electrons. The van der Waals surface area contributed by atoms with Gasteiger partial charge in [-0.05, 0) is 24.1 Å². The summed E-state index contributed by atoms with van der Waals surface area (Å²) in [6, 6.07) is 6.39. The van der Waals surface area contributed by atoms with Gasteiger partial charge in [0.1, 0.15) is 5.92 Å². The Kier molecular flexibility index (Phi) is 5.32. The Bertz CT molecular complexity index is 575. The second-order valence-corrected chi connectivity index (χ2v) is 5.47. The quantitative estimate of drug-likeness (QED) is 0.461. The lowest BCUT2D eigenvalue weighted by molar-refractivity contribution is -0.497. The highest BCUT2D eigenvalue weighted by Gasteiger charge is 2.54. The molecule has 0 bridgehead atoms. The summed E-state index contributed by atoms with van der Waals surface area (Å²) < 4.78 is 4.75. The van der Waals surface area contributed by atoms with Crippen molar-refractivity contribution in [1.29, 1.82) is 0 Å². The van der Waals surface area contributed by atoms with Crippen LogP contribution >= 0.6 is 11.6 Å². The number of nitrogens with zero attached hydrogens (tertiary/aromatic N) is 1. The van der Waals surface area contributed by atoms with Crippen molar-refractivity contribution in [3.63, 3.8) is 0 Å². The first kappa shape index (κ1) is 16.2. The molecule has 2 rings (SSSR count). The van der Waals surface area contributed by atoms with Gasteiger partial charge in [0, 0.05) is 22.9 Å². The van der Waals surface area contributed by atoms with Crippen LogP contribution in [0, 0.1) is 16.0 Å². The van der Waals surface area contributed by atoms with Crippen LogP contribution in [0.1, 0.15) is 12.0 Å². The van der Waals surface area contributed by atoms with E-state index in [9.17, 15) is 19.7 Å². The summed E-state index contributed by atoms with van der Waals surface area (Å²) in [5.74, 6) is -1.83. The molecule has 0 aliphatic heterocycles. The van der Waals surface area contributed by atoms with Gasteiger partial charge in [0.15, 0.2) is 6.61 Å². The molecule has 118 valence electrons. The van der Waals surface area contributed by atoms with Crippen LogP contribution in [-0.2, 0) is 20.7 Å². The van der Waals surface area contributed by atoms with E-state index in [0.717, 1.165) is 5.56 Å². The molecular weight excluding hydrogens is 312 g/mol. The maximum Gasteiger partial charge on any atom is 0.316 e. The number of halogens is 1. The molecule has 1 N–H and O–H groups in total. The van der Waals surface area contributed by atoms with Crippen LogP contribution in [0.25, 0.3) is 0 Å². The summed E-state index contributed by atoms with van der Waals surface area (Å²) in [4.78, 5) is 32.9. The lowest BCUT2D eigenvalue weighted by atomic mass is 10.1. The number of carbonyl (C=O) groups excluding carboxylic acids is 2. The van der Waals surface area contributed by atoms with Crippen molar-refractivity contribution >= 4 is 23.5 Å². The number of amides is 1. The number of carbonyl (C=O) groups is 2. The summed E-state index contributed by atoms with van der Waals surface area (Å²) >= 11 is 5.77. The van der Waals surface area contributed by atoms with Gasteiger partial charge < -0.3 is 10.1 Å². The Balaban J connectivity index is 1.61. The van der Waals surface area contributed by atoms with E-state index in [1.165, 1.54) is 0 Å². The first-order valence-electron chi connectivity index (χ1n) is 6.78. The van der Waals surface area contributed by atoms with E-state index in [0.29, 0.717) is 18.0 Å². The highest BCUT2D eigenvalue weighted by atomic mass is 35.5. The normalized spacial score (nSPS) is 19.3. The molecule has 2 unspecified atom stereocenters. The smallest absolute Gasteiger partial charge is 0.316 e. The standard InChI is InChI=1S/C14H15ClN2O5/c15-10-3-1-9(2-4-10)5-6-16-13(18)8-22-14(19)11-7-12(11)17(20)21/h1-4,11-12H,5-8H2,(H,16,18). The summed E-state index contributed by atoms with van der Waals surface area (Å²) in [6.45, 7) is -0.0145. The zero-order valence-electron chi connectivity index (χ0n) is 11.7. The first-order valence-corrected chi connectivity index (χ1v) is 7.16. The number of hydrogen-bond acceptors (Lipinski definition) is 5. The maximum absolute atomic E-state index is 11.5. The van der Waals surface area contributed by atoms with Gasteiger partial charge in [-0.3, -0.25) is 19.7 Å². The van der Waals surface area contributed by atoms with E-state index in [4.69, 9.17) is 16.3 Å². The van der Waals surface area contributed by atoms with Gasteiger partial charge in [-0.1, -0.05) is 23.7 Å². The molecule has 0 spiro atoms. The van der Waals surface area contributed by atoms with Crippen LogP contribution in [0.2, 0.25) is 5.02 Å². The Morgan fingerprint density at radius 2 is 2.05 bits per heavy atom. The minimum atomic E-state index is -0.861. The molecule has 7 nitrogen and oxygen atoms in total. The number of hydrogen-bond donors (Lipinski definition) is 1. The lowest BCUT2D eigenvalue weighted by Crippen LogP contribution is -2.31. The van der Waals surface area contributed by atoms with Gasteiger partial charge in [-0.25, -0.2) is 0 Å². The van der Waals surface area contributed by atoms with Crippen molar-refractivity contribution < 1.29 is 19.2 Å². The SMILES string of the molecule is O=C(COC(=O)C1CC1[N+](=O)[O-])NCCc1ccc(Cl)cc1. The summed E-state index contributed by atoms with van der Waals surface area (Å²) in [7, 11) is 0. The third-order valence-electron chi connectivity index (χ3n) is 3.32. The topological polar surface area (TPSA) is 98.5 Å². The predicted molar refractivity (Wildman–Crippen MR) is 78.0 cm³/mol. The molecule has 0 saturated heterocycles. The van der Waals surface area contributed by atoms with Crippen LogP contribution in [0.4, 0.5) is 0 Å². The fourth-order valence-corrected chi connectivity index (χ4v) is 2.09. The van der Waals surface area contributed by atoms with E-state index in [2.05, 4.69) is 5.32 Å². The van der Waals surface area contributed by atoms with Gasteiger partial charge >= 0.3 is 5.97 Å². The van der Waals surface area contributed by atoms with Crippen LogP contribution in [0.15, 0.2) is 24.3 Å². The van der Waals surface area contributed by atoms with Crippen molar-refractivity contribution in [3.05, 3.63) is 45.0 Å². The number of esters is 1. The number of benzene rings is 1. The van der Waals surface area contributed by atoms with Crippen molar-refractivity contribution in [2.24, 2.45) is 5.92 Å². The van der Waals surface area contributed by atoms with Crippen molar-refractivity contribution in [2.75, 3.05) is 13.2 Å². The average Bonchev–Trinajstić information content (AvgIpc) is 3.27. The predicted octanol–water partition coefficient (Wildman–Crippen LogP) is 1.21. The molecule has 8 heteroatoms. The molecule has 22 heavy (non-hydrogen) atoms. The van der Waals surface area contributed by atoms with E-state index < -0.39 is 35.4 Å². The van der Waals surface area contributed by atoms with Crippen LogP contribution in [0.5, 0.6) is 0 Å². The van der Waals surface area contributed by atoms with E-state index in [1.54, 1.807) is 12.1 Å². The molecule has 1 aliphatic rings. The van der Waals surface area contributed by atoms with Gasteiger partial charge in [-0.2, -0.15) is 0 Å². The summed E-state index contributed by atoms with van der Waals surface area (Å²) in [6.07, 6.45) is 0.812. The molecule has 1 aromatic rings. The van der Waals surface area contributed by atoms with Gasteiger partial charge in [0.25, 0.3) is 5.91 Å². The fourth-order valence-electron chi connectivity index (χ4n) is 1.96. The van der Waals surface area contributed by atoms with Gasteiger partial charge in [0.05, 0.1) is 0 Å². The van der Waals surface area contributed by atoms with Crippen molar-refractivity contribution in [2.45, 2.75) is 18.9 Å². The second-order valence-electron chi connectivity index (χ2n) is 5.03. The largest absolute Gasteiger partial charge is 0.455 e. The molecule has 1 fully saturated rings. The molecule has 2 atom stereocenters. The molecule has 1 aromatic carbocycles. The molecule has 1 saturated carbocycles. The molecular formula is C14H15ClN2O5.